The van der Waals surface area contributed by atoms with Crippen molar-refractivity contribution in [3.05, 3.63) is 0 Å². The minimum Gasteiger partial charge on any atom is -0.393 e. The SMILES string of the molecule is CC(C)CC(O)CCC1CCCCO1. The summed E-state index contributed by atoms with van der Waals surface area (Å²) in [6.45, 7) is 5.23. The Morgan fingerprint density at radius 2 is 2.14 bits per heavy atom. The molecule has 1 aliphatic heterocycles. The van der Waals surface area contributed by atoms with E-state index in [0.29, 0.717) is 12.0 Å². The van der Waals surface area contributed by atoms with Crippen LogP contribution in [0.1, 0.15) is 52.4 Å². The van der Waals surface area contributed by atoms with Gasteiger partial charge < -0.3 is 9.84 Å². The molecule has 0 bridgehead atoms. The molecule has 1 fully saturated rings. The zero-order valence-corrected chi connectivity index (χ0v) is 9.54. The Bertz CT molecular complexity index is 139. The molecule has 0 aromatic heterocycles. The molecule has 0 aliphatic carbocycles. The van der Waals surface area contributed by atoms with Crippen LogP contribution in [0.25, 0.3) is 0 Å². The van der Waals surface area contributed by atoms with E-state index in [1.54, 1.807) is 0 Å². The van der Waals surface area contributed by atoms with Crippen molar-refractivity contribution >= 4 is 0 Å². The first kappa shape index (κ1) is 12.0. The summed E-state index contributed by atoms with van der Waals surface area (Å²) in [6.07, 6.45) is 6.86. The van der Waals surface area contributed by atoms with Gasteiger partial charge in [0.05, 0.1) is 12.2 Å². The highest BCUT2D eigenvalue weighted by Crippen LogP contribution is 2.19. The summed E-state index contributed by atoms with van der Waals surface area (Å²) in [5.74, 6) is 0.595. The van der Waals surface area contributed by atoms with E-state index >= 15 is 0 Å². The normalized spacial score (nSPS) is 25.3. The van der Waals surface area contributed by atoms with Crippen LogP contribution >= 0.6 is 0 Å². The highest BCUT2D eigenvalue weighted by molar-refractivity contribution is 4.67. The van der Waals surface area contributed by atoms with E-state index in [0.717, 1.165) is 25.9 Å². The molecule has 0 saturated carbocycles. The Labute approximate surface area is 87.7 Å². The van der Waals surface area contributed by atoms with Gasteiger partial charge in [-0.1, -0.05) is 13.8 Å². The molecule has 2 heteroatoms. The molecule has 2 atom stereocenters. The highest BCUT2D eigenvalue weighted by atomic mass is 16.5. The summed E-state index contributed by atoms with van der Waals surface area (Å²) in [5, 5.41) is 9.69. The van der Waals surface area contributed by atoms with E-state index in [1.807, 2.05) is 0 Å². The zero-order valence-electron chi connectivity index (χ0n) is 9.54. The minimum atomic E-state index is -0.125. The lowest BCUT2D eigenvalue weighted by Crippen LogP contribution is -2.21. The Balaban J connectivity index is 2.06. The summed E-state index contributed by atoms with van der Waals surface area (Å²) in [4.78, 5) is 0. The van der Waals surface area contributed by atoms with E-state index in [2.05, 4.69) is 13.8 Å². The number of rotatable bonds is 5. The van der Waals surface area contributed by atoms with Gasteiger partial charge in [0.1, 0.15) is 0 Å². The number of aliphatic hydroxyl groups is 1. The molecule has 2 nitrogen and oxygen atoms in total. The molecule has 0 aromatic carbocycles. The van der Waals surface area contributed by atoms with E-state index in [4.69, 9.17) is 4.74 Å². The zero-order chi connectivity index (χ0) is 10.4. The van der Waals surface area contributed by atoms with E-state index in [-0.39, 0.29) is 6.10 Å². The molecule has 1 heterocycles. The van der Waals surface area contributed by atoms with Crippen LogP contribution in [0.2, 0.25) is 0 Å². The molecule has 84 valence electrons. The van der Waals surface area contributed by atoms with Gasteiger partial charge in [0.2, 0.25) is 0 Å². The van der Waals surface area contributed by atoms with Gasteiger partial charge >= 0.3 is 0 Å². The molecular formula is C12H24O2. The fraction of sp³-hybridized carbons (Fsp3) is 1.00. The van der Waals surface area contributed by atoms with Crippen molar-refractivity contribution in [1.29, 1.82) is 0 Å². The third kappa shape index (κ3) is 4.97. The second-order valence-electron chi connectivity index (χ2n) is 4.85. The number of aliphatic hydroxyl groups excluding tert-OH is 1. The number of ether oxygens (including phenoxy) is 1. The quantitative estimate of drug-likeness (QED) is 0.739. The van der Waals surface area contributed by atoms with Crippen LogP contribution in [0.15, 0.2) is 0 Å². The molecule has 14 heavy (non-hydrogen) atoms. The maximum Gasteiger partial charge on any atom is 0.0576 e. The van der Waals surface area contributed by atoms with Crippen LogP contribution in [-0.2, 0) is 4.74 Å². The molecule has 1 rings (SSSR count). The van der Waals surface area contributed by atoms with Crippen LogP contribution < -0.4 is 0 Å². The summed E-state index contributed by atoms with van der Waals surface area (Å²) in [5.41, 5.74) is 0. The van der Waals surface area contributed by atoms with Crippen LogP contribution in [-0.4, -0.2) is 23.9 Å². The van der Waals surface area contributed by atoms with E-state index in [1.165, 1.54) is 19.3 Å². The second-order valence-corrected chi connectivity index (χ2v) is 4.85. The summed E-state index contributed by atoms with van der Waals surface area (Å²) >= 11 is 0. The van der Waals surface area contributed by atoms with Gasteiger partial charge in [0, 0.05) is 6.61 Å². The van der Waals surface area contributed by atoms with Gasteiger partial charge in [-0.15, -0.1) is 0 Å². The molecule has 0 amide bonds. The van der Waals surface area contributed by atoms with Crippen LogP contribution in [0.4, 0.5) is 0 Å². The molecule has 1 aliphatic rings. The van der Waals surface area contributed by atoms with Gasteiger partial charge in [-0.3, -0.25) is 0 Å². The molecule has 0 radical (unpaired) electrons. The van der Waals surface area contributed by atoms with Crippen molar-refractivity contribution in [3.63, 3.8) is 0 Å². The molecule has 1 N–H and O–H groups in total. The fourth-order valence-corrected chi connectivity index (χ4v) is 2.08. The largest absolute Gasteiger partial charge is 0.393 e. The number of hydrogen-bond donors (Lipinski definition) is 1. The van der Waals surface area contributed by atoms with Crippen molar-refractivity contribution in [2.24, 2.45) is 5.92 Å². The standard InChI is InChI=1S/C12H24O2/c1-10(2)9-11(13)6-7-12-5-3-4-8-14-12/h10-13H,3-9H2,1-2H3. The van der Waals surface area contributed by atoms with Gasteiger partial charge in [-0.2, -0.15) is 0 Å². The lowest BCUT2D eigenvalue weighted by atomic mass is 9.98. The van der Waals surface area contributed by atoms with Gasteiger partial charge in [-0.05, 0) is 44.4 Å². The lowest BCUT2D eigenvalue weighted by molar-refractivity contribution is 0.000896. The average Bonchev–Trinajstić information content (AvgIpc) is 2.15. The fourth-order valence-electron chi connectivity index (χ4n) is 2.08. The molecule has 2 unspecified atom stereocenters. The Hall–Kier alpha value is -0.0800. The Kier molecular flexibility index (Phi) is 5.49. The molecule has 0 aromatic rings. The average molecular weight is 200 g/mol. The van der Waals surface area contributed by atoms with Crippen molar-refractivity contribution in [3.8, 4) is 0 Å². The molecule has 0 spiro atoms. The third-order valence-electron chi connectivity index (χ3n) is 2.84. The summed E-state index contributed by atoms with van der Waals surface area (Å²) in [7, 11) is 0. The van der Waals surface area contributed by atoms with Gasteiger partial charge in [-0.25, -0.2) is 0 Å². The van der Waals surface area contributed by atoms with Gasteiger partial charge in [0.25, 0.3) is 0 Å². The summed E-state index contributed by atoms with van der Waals surface area (Å²) in [6, 6.07) is 0. The topological polar surface area (TPSA) is 29.5 Å². The summed E-state index contributed by atoms with van der Waals surface area (Å²) < 4.78 is 5.62. The predicted octanol–water partition coefficient (Wildman–Crippen LogP) is 2.74. The van der Waals surface area contributed by atoms with Crippen molar-refractivity contribution in [1.82, 2.24) is 0 Å². The van der Waals surface area contributed by atoms with Crippen molar-refractivity contribution < 1.29 is 9.84 Å². The van der Waals surface area contributed by atoms with Crippen LogP contribution in [0.3, 0.4) is 0 Å². The van der Waals surface area contributed by atoms with Crippen molar-refractivity contribution in [2.45, 2.75) is 64.6 Å². The predicted molar refractivity (Wildman–Crippen MR) is 58.3 cm³/mol. The highest BCUT2D eigenvalue weighted by Gasteiger charge is 2.15. The third-order valence-corrected chi connectivity index (χ3v) is 2.84. The van der Waals surface area contributed by atoms with Crippen LogP contribution in [0.5, 0.6) is 0 Å². The lowest BCUT2D eigenvalue weighted by Gasteiger charge is -2.23. The van der Waals surface area contributed by atoms with Gasteiger partial charge in [0.15, 0.2) is 0 Å². The second kappa shape index (κ2) is 6.41. The van der Waals surface area contributed by atoms with E-state index in [9.17, 15) is 5.11 Å². The monoisotopic (exact) mass is 200 g/mol. The number of hydrogen-bond acceptors (Lipinski definition) is 2. The Morgan fingerprint density at radius 3 is 2.71 bits per heavy atom. The minimum absolute atomic E-state index is 0.125. The molecule has 1 saturated heterocycles. The van der Waals surface area contributed by atoms with Crippen LogP contribution in [0, 0.1) is 5.92 Å². The first-order valence-electron chi connectivity index (χ1n) is 5.98. The van der Waals surface area contributed by atoms with E-state index < -0.39 is 0 Å². The maximum atomic E-state index is 9.69. The van der Waals surface area contributed by atoms with Crippen molar-refractivity contribution in [2.75, 3.05) is 6.61 Å². The first-order valence-corrected chi connectivity index (χ1v) is 5.98. The maximum absolute atomic E-state index is 9.69. The first-order chi connectivity index (χ1) is 6.68. The Morgan fingerprint density at radius 1 is 1.36 bits per heavy atom. The molecular weight excluding hydrogens is 176 g/mol. The smallest absolute Gasteiger partial charge is 0.0576 e.